The Morgan fingerprint density at radius 1 is 1.17 bits per heavy atom. The maximum absolute atomic E-state index is 12.2. The van der Waals surface area contributed by atoms with Gasteiger partial charge in [0.1, 0.15) is 0 Å². The lowest BCUT2D eigenvalue weighted by molar-refractivity contribution is 0.0945. The fourth-order valence-electron chi connectivity index (χ4n) is 2.93. The van der Waals surface area contributed by atoms with Crippen molar-refractivity contribution in [1.82, 2.24) is 25.5 Å². The minimum absolute atomic E-state index is 0.222. The number of H-pyrrole nitrogens is 1. The average molecular weight is 322 g/mol. The number of nitrogens with one attached hydrogen (secondary N) is 2. The Morgan fingerprint density at radius 2 is 2.04 bits per heavy atom. The first kappa shape index (κ1) is 14.6. The Labute approximate surface area is 139 Å². The molecule has 7 nitrogen and oxygen atoms in total. The van der Waals surface area contributed by atoms with Gasteiger partial charge >= 0.3 is 0 Å². The van der Waals surface area contributed by atoms with Crippen LogP contribution in [0.1, 0.15) is 28.9 Å². The predicted octanol–water partition coefficient (Wildman–Crippen LogP) is 1.88. The first-order valence-electron chi connectivity index (χ1n) is 8.08. The molecular formula is C17H18N6O. The van der Waals surface area contributed by atoms with Gasteiger partial charge in [-0.05, 0) is 42.7 Å². The molecule has 0 bridgehead atoms. The molecule has 1 aliphatic rings. The van der Waals surface area contributed by atoms with Crippen LogP contribution in [0.3, 0.4) is 0 Å². The van der Waals surface area contributed by atoms with E-state index in [2.05, 4.69) is 30.4 Å². The lowest BCUT2D eigenvalue weighted by Gasteiger charge is -2.15. The maximum atomic E-state index is 12.2. The smallest absolute Gasteiger partial charge is 0.272 e. The molecule has 1 saturated heterocycles. The number of hydrogen-bond acceptors (Lipinski definition) is 5. The van der Waals surface area contributed by atoms with Gasteiger partial charge < -0.3 is 15.2 Å². The first-order chi connectivity index (χ1) is 11.8. The number of aromatic amines is 1. The number of carbonyl (C=O) groups excluding carboxylic acids is 1. The van der Waals surface area contributed by atoms with E-state index in [1.165, 1.54) is 12.8 Å². The quantitative estimate of drug-likeness (QED) is 0.766. The van der Waals surface area contributed by atoms with Crippen molar-refractivity contribution in [3.8, 4) is 0 Å². The van der Waals surface area contributed by atoms with Gasteiger partial charge in [0.25, 0.3) is 5.91 Å². The third-order valence-electron chi connectivity index (χ3n) is 4.25. The minimum Gasteiger partial charge on any atom is -0.355 e. The van der Waals surface area contributed by atoms with Crippen molar-refractivity contribution in [2.75, 3.05) is 18.0 Å². The van der Waals surface area contributed by atoms with E-state index in [0.717, 1.165) is 35.5 Å². The van der Waals surface area contributed by atoms with Gasteiger partial charge in [0.15, 0.2) is 11.5 Å². The summed E-state index contributed by atoms with van der Waals surface area (Å²) in [6.07, 6.45) is 4.03. The number of carbonyl (C=O) groups is 1. The van der Waals surface area contributed by atoms with E-state index >= 15 is 0 Å². The van der Waals surface area contributed by atoms with Gasteiger partial charge in [-0.3, -0.25) is 4.79 Å². The highest BCUT2D eigenvalue weighted by atomic mass is 16.1. The van der Waals surface area contributed by atoms with Crippen molar-refractivity contribution < 1.29 is 4.79 Å². The van der Waals surface area contributed by atoms with Crippen molar-refractivity contribution in [2.45, 2.75) is 19.4 Å². The Balaban J connectivity index is 1.40. The summed E-state index contributed by atoms with van der Waals surface area (Å²) in [6.45, 7) is 2.45. The number of fused-ring (bicyclic) bond motifs is 1. The summed E-state index contributed by atoms with van der Waals surface area (Å²) in [7, 11) is 0. The van der Waals surface area contributed by atoms with Crippen LogP contribution in [0.2, 0.25) is 0 Å². The van der Waals surface area contributed by atoms with Crippen molar-refractivity contribution in [3.63, 3.8) is 0 Å². The van der Waals surface area contributed by atoms with Crippen LogP contribution < -0.4 is 10.2 Å². The van der Waals surface area contributed by atoms with Crippen LogP contribution in [0.5, 0.6) is 0 Å². The summed E-state index contributed by atoms with van der Waals surface area (Å²) in [5, 5.41) is 11.1. The molecule has 122 valence electrons. The molecule has 24 heavy (non-hydrogen) atoms. The molecule has 0 unspecified atom stereocenters. The molecular weight excluding hydrogens is 304 g/mol. The van der Waals surface area contributed by atoms with Gasteiger partial charge in [0.2, 0.25) is 0 Å². The minimum atomic E-state index is -0.222. The molecule has 0 spiro atoms. The third kappa shape index (κ3) is 2.92. The van der Waals surface area contributed by atoms with Crippen LogP contribution in [-0.4, -0.2) is 39.2 Å². The summed E-state index contributed by atoms with van der Waals surface area (Å²) in [5.74, 6) is 0.619. The van der Waals surface area contributed by atoms with Crippen molar-refractivity contribution in [3.05, 3.63) is 47.9 Å². The number of nitrogens with zero attached hydrogens (tertiary/aromatic N) is 4. The van der Waals surface area contributed by atoms with Crippen molar-refractivity contribution in [1.29, 1.82) is 0 Å². The van der Waals surface area contributed by atoms with Crippen LogP contribution in [0.15, 0.2) is 36.7 Å². The highest BCUT2D eigenvalue weighted by Gasteiger charge is 2.15. The van der Waals surface area contributed by atoms with Crippen LogP contribution in [-0.2, 0) is 6.54 Å². The fraction of sp³-hybridized carbons (Fsp3) is 0.294. The van der Waals surface area contributed by atoms with E-state index < -0.39 is 0 Å². The average Bonchev–Trinajstić information content (AvgIpc) is 3.31. The van der Waals surface area contributed by atoms with E-state index in [1.54, 1.807) is 12.4 Å². The third-order valence-corrected chi connectivity index (χ3v) is 4.25. The number of amides is 1. The lowest BCUT2D eigenvalue weighted by atomic mass is 10.2. The van der Waals surface area contributed by atoms with E-state index in [-0.39, 0.29) is 5.91 Å². The summed E-state index contributed by atoms with van der Waals surface area (Å²) in [5.41, 5.74) is 3.20. The van der Waals surface area contributed by atoms with Gasteiger partial charge in [-0.2, -0.15) is 0 Å². The van der Waals surface area contributed by atoms with Crippen molar-refractivity contribution >= 4 is 22.8 Å². The number of anilines is 1. The van der Waals surface area contributed by atoms with E-state index in [4.69, 9.17) is 0 Å². The number of benzene rings is 1. The number of hydrogen-bond donors (Lipinski definition) is 2. The molecule has 0 aliphatic carbocycles. The molecule has 3 heterocycles. The van der Waals surface area contributed by atoms with Crippen LogP contribution in [0.4, 0.5) is 5.82 Å². The van der Waals surface area contributed by atoms with E-state index in [0.29, 0.717) is 12.2 Å². The molecule has 2 N–H and O–H groups in total. The van der Waals surface area contributed by atoms with Gasteiger partial charge in [0, 0.05) is 19.6 Å². The van der Waals surface area contributed by atoms with Crippen LogP contribution >= 0.6 is 0 Å². The molecule has 3 aromatic rings. The van der Waals surface area contributed by atoms with Gasteiger partial charge in [-0.25, -0.2) is 4.98 Å². The van der Waals surface area contributed by atoms with Crippen LogP contribution in [0.25, 0.3) is 11.0 Å². The predicted molar refractivity (Wildman–Crippen MR) is 90.7 cm³/mol. The molecule has 2 aromatic heterocycles. The number of imidazole rings is 1. The molecule has 1 fully saturated rings. The molecule has 0 radical (unpaired) electrons. The van der Waals surface area contributed by atoms with Crippen molar-refractivity contribution in [2.24, 2.45) is 0 Å². The van der Waals surface area contributed by atoms with Crippen LogP contribution in [0, 0.1) is 0 Å². The molecule has 7 heteroatoms. The molecule has 0 atom stereocenters. The standard InChI is InChI=1S/C17H18N6O/c24-17(14-5-6-16(22-21-14)23-7-1-2-8-23)18-10-12-3-4-13-15(9-12)20-11-19-13/h3-6,9,11H,1-2,7-8,10H2,(H,18,24)(H,19,20). The molecule has 4 rings (SSSR count). The van der Waals surface area contributed by atoms with E-state index in [9.17, 15) is 4.79 Å². The van der Waals surface area contributed by atoms with E-state index in [1.807, 2.05) is 24.3 Å². The zero-order valence-electron chi connectivity index (χ0n) is 13.2. The van der Waals surface area contributed by atoms with Gasteiger partial charge in [0.05, 0.1) is 17.4 Å². The Morgan fingerprint density at radius 3 is 2.83 bits per heavy atom. The fourth-order valence-corrected chi connectivity index (χ4v) is 2.93. The molecule has 0 saturated carbocycles. The summed E-state index contributed by atoms with van der Waals surface area (Å²) < 4.78 is 0. The first-order valence-corrected chi connectivity index (χ1v) is 8.08. The second kappa shape index (κ2) is 6.27. The molecule has 1 aliphatic heterocycles. The zero-order chi connectivity index (χ0) is 16.4. The highest BCUT2D eigenvalue weighted by molar-refractivity contribution is 5.92. The Bertz CT molecular complexity index is 851. The van der Waals surface area contributed by atoms with Gasteiger partial charge in [-0.15, -0.1) is 10.2 Å². The highest BCUT2D eigenvalue weighted by Crippen LogP contribution is 2.16. The SMILES string of the molecule is O=C(NCc1ccc2nc[nH]c2c1)c1ccc(N2CCCC2)nn1. The lowest BCUT2D eigenvalue weighted by Crippen LogP contribution is -2.25. The number of rotatable bonds is 4. The second-order valence-electron chi connectivity index (χ2n) is 5.91. The monoisotopic (exact) mass is 322 g/mol. The second-order valence-corrected chi connectivity index (χ2v) is 5.91. The summed E-state index contributed by atoms with van der Waals surface area (Å²) in [4.78, 5) is 21.6. The summed E-state index contributed by atoms with van der Waals surface area (Å²) >= 11 is 0. The topological polar surface area (TPSA) is 86.8 Å². The Kier molecular flexibility index (Phi) is 3.82. The molecule has 1 aromatic carbocycles. The largest absolute Gasteiger partial charge is 0.355 e. The Hall–Kier alpha value is -2.96. The summed E-state index contributed by atoms with van der Waals surface area (Å²) in [6, 6.07) is 9.45. The zero-order valence-corrected chi connectivity index (χ0v) is 13.2. The van der Waals surface area contributed by atoms with Gasteiger partial charge in [-0.1, -0.05) is 6.07 Å². The molecule has 1 amide bonds. The normalized spacial score (nSPS) is 14.2. The number of aromatic nitrogens is 4. The maximum Gasteiger partial charge on any atom is 0.272 e.